The summed E-state index contributed by atoms with van der Waals surface area (Å²) >= 11 is 0. The van der Waals surface area contributed by atoms with E-state index < -0.39 is 23.8 Å². The lowest BCUT2D eigenvalue weighted by atomic mass is 10.0. The lowest BCUT2D eigenvalue weighted by Gasteiger charge is -2.26. The second kappa shape index (κ2) is 6.74. The Bertz CT molecular complexity index is 797. The number of fused-ring (bicyclic) bond motifs is 1. The van der Waals surface area contributed by atoms with Gasteiger partial charge in [-0.2, -0.15) is 0 Å². The number of benzene rings is 2. The molecule has 2 N–H and O–H groups in total. The highest BCUT2D eigenvalue weighted by Gasteiger charge is 2.41. The molecule has 0 spiro atoms. The van der Waals surface area contributed by atoms with E-state index in [9.17, 15) is 14.4 Å². The van der Waals surface area contributed by atoms with E-state index >= 15 is 0 Å². The molecule has 3 rings (SSSR count). The van der Waals surface area contributed by atoms with Crippen LogP contribution < -0.4 is 10.2 Å². The molecule has 7 nitrogen and oxygen atoms in total. The number of amides is 3. The summed E-state index contributed by atoms with van der Waals surface area (Å²) in [7, 11) is 1.52. The topological polar surface area (TPSA) is 95.9 Å². The van der Waals surface area contributed by atoms with Crippen molar-refractivity contribution in [2.75, 3.05) is 7.11 Å². The van der Waals surface area contributed by atoms with E-state index in [0.717, 1.165) is 4.90 Å². The number of nitrogens with one attached hydrogen (secondary N) is 1. The lowest BCUT2D eigenvalue weighted by Crippen LogP contribution is -2.37. The molecule has 1 atom stereocenters. The minimum absolute atomic E-state index is 0.256. The molecule has 7 heteroatoms. The van der Waals surface area contributed by atoms with E-state index in [2.05, 4.69) is 0 Å². The highest BCUT2D eigenvalue weighted by Crippen LogP contribution is 2.34. The van der Waals surface area contributed by atoms with Crippen molar-refractivity contribution in [3.8, 4) is 5.75 Å². The molecule has 0 saturated carbocycles. The van der Waals surface area contributed by atoms with Gasteiger partial charge in [-0.3, -0.25) is 24.5 Å². The molecular weight excluding hydrogens is 324 g/mol. The van der Waals surface area contributed by atoms with Crippen LogP contribution in [0.5, 0.6) is 5.75 Å². The molecule has 0 saturated heterocycles. The SMILES string of the molecule is COc1ccc(C(CC(=O)NO)N2C(=O)c3ccccc3C2=O)cc1. The van der Waals surface area contributed by atoms with Crippen molar-refractivity contribution in [1.82, 2.24) is 10.4 Å². The van der Waals surface area contributed by atoms with E-state index in [-0.39, 0.29) is 6.42 Å². The Hall–Kier alpha value is -3.19. The third-order valence-electron chi connectivity index (χ3n) is 4.14. The zero-order valence-corrected chi connectivity index (χ0v) is 13.4. The number of imide groups is 1. The molecule has 1 unspecified atom stereocenters. The second-order valence-corrected chi connectivity index (χ2v) is 5.55. The van der Waals surface area contributed by atoms with Gasteiger partial charge in [0.15, 0.2) is 0 Å². The van der Waals surface area contributed by atoms with Crippen LogP contribution in [0.1, 0.15) is 38.7 Å². The maximum atomic E-state index is 12.7. The molecule has 1 aliphatic rings. The van der Waals surface area contributed by atoms with Crippen LogP contribution in [0.4, 0.5) is 0 Å². The smallest absolute Gasteiger partial charge is 0.262 e. The first-order valence-corrected chi connectivity index (χ1v) is 7.60. The van der Waals surface area contributed by atoms with Gasteiger partial charge in [0.1, 0.15) is 5.75 Å². The van der Waals surface area contributed by atoms with E-state index in [0.29, 0.717) is 22.4 Å². The molecule has 25 heavy (non-hydrogen) atoms. The predicted octanol–water partition coefficient (Wildman–Crippen LogP) is 1.93. The zero-order valence-electron chi connectivity index (χ0n) is 13.4. The molecule has 0 aliphatic carbocycles. The number of carbonyl (C=O) groups excluding carboxylic acids is 3. The zero-order chi connectivity index (χ0) is 18.0. The van der Waals surface area contributed by atoms with Gasteiger partial charge in [0, 0.05) is 0 Å². The molecule has 3 amide bonds. The first-order valence-electron chi connectivity index (χ1n) is 7.60. The minimum Gasteiger partial charge on any atom is -0.497 e. The average molecular weight is 340 g/mol. The number of methoxy groups -OCH3 is 1. The number of ether oxygens (including phenoxy) is 1. The van der Waals surface area contributed by atoms with Gasteiger partial charge in [-0.1, -0.05) is 24.3 Å². The normalized spacial score (nSPS) is 14.2. The van der Waals surface area contributed by atoms with Gasteiger partial charge in [-0.15, -0.1) is 0 Å². The van der Waals surface area contributed by atoms with Crippen LogP contribution in [-0.4, -0.2) is 34.9 Å². The van der Waals surface area contributed by atoms with Crippen molar-refractivity contribution >= 4 is 17.7 Å². The Morgan fingerprint density at radius 3 is 2.12 bits per heavy atom. The summed E-state index contributed by atoms with van der Waals surface area (Å²) < 4.78 is 5.10. The molecule has 0 radical (unpaired) electrons. The fraction of sp³-hybridized carbons (Fsp3) is 0.167. The van der Waals surface area contributed by atoms with Gasteiger partial charge < -0.3 is 4.74 Å². The van der Waals surface area contributed by atoms with Crippen LogP contribution in [0.25, 0.3) is 0 Å². The van der Waals surface area contributed by atoms with E-state index in [1.165, 1.54) is 7.11 Å². The fourth-order valence-electron chi connectivity index (χ4n) is 2.90. The summed E-state index contributed by atoms with van der Waals surface area (Å²) in [5.41, 5.74) is 2.73. The standard InChI is InChI=1S/C18H16N2O5/c1-25-12-8-6-11(7-9-12)15(10-16(21)19-24)20-17(22)13-4-2-3-5-14(13)18(20)23/h2-9,15,24H,10H2,1H3,(H,19,21). The van der Waals surface area contributed by atoms with Gasteiger partial charge in [0.05, 0.1) is 30.7 Å². The molecule has 128 valence electrons. The predicted molar refractivity (Wildman–Crippen MR) is 87.2 cm³/mol. The van der Waals surface area contributed by atoms with Gasteiger partial charge >= 0.3 is 0 Å². The van der Waals surface area contributed by atoms with Gasteiger partial charge in [-0.05, 0) is 29.8 Å². The number of hydrogen-bond acceptors (Lipinski definition) is 5. The Morgan fingerprint density at radius 1 is 1.08 bits per heavy atom. The third-order valence-corrected chi connectivity index (χ3v) is 4.14. The van der Waals surface area contributed by atoms with Crippen molar-refractivity contribution in [1.29, 1.82) is 0 Å². The largest absolute Gasteiger partial charge is 0.497 e. The molecule has 2 aromatic rings. The molecule has 0 fully saturated rings. The van der Waals surface area contributed by atoms with E-state index in [1.807, 2.05) is 0 Å². The summed E-state index contributed by atoms with van der Waals surface area (Å²) in [6, 6.07) is 12.4. The van der Waals surface area contributed by atoms with Crippen LogP contribution in [0.15, 0.2) is 48.5 Å². The Morgan fingerprint density at radius 2 is 1.64 bits per heavy atom. The lowest BCUT2D eigenvalue weighted by molar-refractivity contribution is -0.130. The van der Waals surface area contributed by atoms with Crippen molar-refractivity contribution in [2.45, 2.75) is 12.5 Å². The van der Waals surface area contributed by atoms with E-state index in [1.54, 1.807) is 54.0 Å². The summed E-state index contributed by atoms with van der Waals surface area (Å²) in [6.07, 6.45) is -0.256. The summed E-state index contributed by atoms with van der Waals surface area (Å²) in [5, 5.41) is 8.85. The van der Waals surface area contributed by atoms with Gasteiger partial charge in [0.25, 0.3) is 11.8 Å². The highest BCUT2D eigenvalue weighted by atomic mass is 16.5. The second-order valence-electron chi connectivity index (χ2n) is 5.55. The van der Waals surface area contributed by atoms with Crippen LogP contribution in [0.2, 0.25) is 0 Å². The van der Waals surface area contributed by atoms with Crippen molar-refractivity contribution in [3.63, 3.8) is 0 Å². The van der Waals surface area contributed by atoms with Crippen LogP contribution in [0.3, 0.4) is 0 Å². The molecule has 1 heterocycles. The molecule has 2 aromatic carbocycles. The first kappa shape index (κ1) is 16.7. The Balaban J connectivity index is 2.01. The maximum Gasteiger partial charge on any atom is 0.262 e. The minimum atomic E-state index is -0.842. The molecule has 0 bridgehead atoms. The highest BCUT2D eigenvalue weighted by molar-refractivity contribution is 6.21. The number of hydrogen-bond donors (Lipinski definition) is 2. The maximum absolute atomic E-state index is 12.7. The monoisotopic (exact) mass is 340 g/mol. The van der Waals surface area contributed by atoms with Crippen LogP contribution in [-0.2, 0) is 4.79 Å². The average Bonchev–Trinajstić information content (AvgIpc) is 2.91. The van der Waals surface area contributed by atoms with Crippen molar-refractivity contribution < 1.29 is 24.3 Å². The Kier molecular flexibility index (Phi) is 4.49. The summed E-state index contributed by atoms with van der Waals surface area (Å²) in [5.74, 6) is -1.02. The van der Waals surface area contributed by atoms with Gasteiger partial charge in [0.2, 0.25) is 5.91 Å². The quantitative estimate of drug-likeness (QED) is 0.492. The van der Waals surface area contributed by atoms with Crippen LogP contribution in [0, 0.1) is 0 Å². The first-order chi connectivity index (χ1) is 12.1. The van der Waals surface area contributed by atoms with Gasteiger partial charge in [-0.25, -0.2) is 5.48 Å². The van der Waals surface area contributed by atoms with Crippen LogP contribution >= 0.6 is 0 Å². The number of carbonyl (C=O) groups is 3. The number of rotatable bonds is 5. The number of nitrogens with zero attached hydrogens (tertiary/aromatic N) is 1. The van der Waals surface area contributed by atoms with Crippen molar-refractivity contribution in [3.05, 3.63) is 65.2 Å². The molecular formula is C18H16N2O5. The molecule has 0 aromatic heterocycles. The third kappa shape index (κ3) is 2.97. The van der Waals surface area contributed by atoms with Crippen molar-refractivity contribution in [2.24, 2.45) is 0 Å². The fourth-order valence-corrected chi connectivity index (χ4v) is 2.90. The Labute approximate surface area is 143 Å². The number of hydroxylamine groups is 1. The van der Waals surface area contributed by atoms with E-state index in [4.69, 9.17) is 9.94 Å². The summed E-state index contributed by atoms with van der Waals surface area (Å²) in [6.45, 7) is 0. The molecule has 1 aliphatic heterocycles. The summed E-state index contributed by atoms with van der Waals surface area (Å²) in [4.78, 5) is 38.2.